The molecule has 0 saturated carbocycles. The van der Waals surface area contributed by atoms with Gasteiger partial charge in [-0.1, -0.05) is 25.5 Å². The number of methoxy groups -OCH3 is 1. The molecule has 6 rings (SSSR count). The Morgan fingerprint density at radius 3 is 2.62 bits per heavy atom. The van der Waals surface area contributed by atoms with E-state index in [9.17, 15) is 13.5 Å². The Kier molecular flexibility index (Phi) is 8.38. The van der Waals surface area contributed by atoms with E-state index in [1.54, 1.807) is 31.5 Å². The number of hydrogen-bond acceptors (Lipinski definition) is 7. The molecule has 200 valence electrons. The molecule has 9 heteroatoms. The number of ether oxygens (including phenoxy) is 1. The van der Waals surface area contributed by atoms with Gasteiger partial charge in [-0.15, -0.1) is 0 Å². The highest BCUT2D eigenvalue weighted by Gasteiger charge is 2.42. The molecule has 3 saturated heterocycles. The first-order chi connectivity index (χ1) is 17.6. The zero-order valence-corrected chi connectivity index (χ0v) is 22.4. The van der Waals surface area contributed by atoms with Gasteiger partial charge in [0.2, 0.25) is 0 Å². The van der Waals surface area contributed by atoms with Crippen LogP contribution < -0.4 is 10.5 Å². The van der Waals surface area contributed by atoms with Crippen molar-refractivity contribution in [2.45, 2.75) is 50.5 Å². The Hall–Kier alpha value is -2.72. The molecule has 3 fully saturated rings. The highest BCUT2D eigenvalue weighted by Crippen LogP contribution is 2.42. The van der Waals surface area contributed by atoms with Gasteiger partial charge in [-0.3, -0.25) is 14.4 Å². The van der Waals surface area contributed by atoms with E-state index >= 15 is 0 Å². The molecule has 3 unspecified atom stereocenters. The molecule has 4 heterocycles. The second-order valence-electron chi connectivity index (χ2n) is 10.1. The average Bonchev–Trinajstić information content (AvgIpc) is 2.91. The van der Waals surface area contributed by atoms with Crippen molar-refractivity contribution in [3.63, 3.8) is 0 Å². The number of hydrogen-bond donors (Lipinski definition) is 3. The minimum atomic E-state index is -4.03. The van der Waals surface area contributed by atoms with Gasteiger partial charge in [-0.05, 0) is 85.7 Å². The van der Waals surface area contributed by atoms with Crippen molar-refractivity contribution in [1.29, 1.82) is 0 Å². The summed E-state index contributed by atoms with van der Waals surface area (Å²) in [5, 5.41) is 11.2. The summed E-state index contributed by atoms with van der Waals surface area (Å²) in [4.78, 5) is 6.94. The Morgan fingerprint density at radius 1 is 1.22 bits per heavy atom. The first-order valence-electron chi connectivity index (χ1n) is 12.8. The number of benzene rings is 2. The van der Waals surface area contributed by atoms with E-state index in [0.717, 1.165) is 53.6 Å². The smallest absolute Gasteiger partial charge is 0.271 e. The van der Waals surface area contributed by atoms with E-state index in [1.807, 2.05) is 24.3 Å². The topological polar surface area (TPSA) is 126 Å². The summed E-state index contributed by atoms with van der Waals surface area (Å²) in [6, 6.07) is 14.5. The molecule has 0 radical (unpaired) electrons. The van der Waals surface area contributed by atoms with Crippen molar-refractivity contribution in [2.24, 2.45) is 11.8 Å². The van der Waals surface area contributed by atoms with Crippen LogP contribution in [0.2, 0.25) is 0 Å². The fourth-order valence-electron chi connectivity index (χ4n) is 5.69. The maximum Gasteiger partial charge on any atom is 0.271 e. The van der Waals surface area contributed by atoms with Crippen LogP contribution in [0.1, 0.15) is 55.6 Å². The number of aromatic nitrogens is 1. The first kappa shape index (κ1) is 27.3. The average molecular weight is 528 g/mol. The number of nitrogens with two attached hydrogens (primary N) is 1. The van der Waals surface area contributed by atoms with Gasteiger partial charge in [-0.25, -0.2) is 0 Å². The zero-order valence-electron chi connectivity index (χ0n) is 21.6. The van der Waals surface area contributed by atoms with Crippen LogP contribution in [0.3, 0.4) is 0 Å². The minimum absolute atomic E-state index is 0.225. The number of fused-ring (bicyclic) bond motifs is 4. The Balaban J connectivity index is 0.000000209. The fraction of sp³-hybridized carbons (Fsp3) is 0.464. The summed E-state index contributed by atoms with van der Waals surface area (Å²) < 4.78 is 35.6. The third-order valence-electron chi connectivity index (χ3n) is 7.95. The molecule has 3 aliphatic rings. The van der Waals surface area contributed by atoms with Gasteiger partial charge in [0.1, 0.15) is 11.0 Å². The van der Waals surface area contributed by atoms with Crippen molar-refractivity contribution in [1.82, 2.24) is 9.88 Å². The summed E-state index contributed by atoms with van der Waals surface area (Å²) in [6.07, 6.45) is 4.97. The van der Waals surface area contributed by atoms with Crippen LogP contribution in [-0.4, -0.2) is 54.2 Å². The van der Waals surface area contributed by atoms with Gasteiger partial charge in [-0.2, -0.15) is 8.42 Å². The van der Waals surface area contributed by atoms with E-state index in [-0.39, 0.29) is 6.04 Å². The molecule has 8 nitrogen and oxygen atoms in total. The highest BCUT2D eigenvalue weighted by atomic mass is 32.2. The lowest BCUT2D eigenvalue weighted by atomic mass is 9.72. The summed E-state index contributed by atoms with van der Waals surface area (Å²) >= 11 is 0. The predicted molar refractivity (Wildman–Crippen MR) is 146 cm³/mol. The molecular formula is C28H37N3O5S. The van der Waals surface area contributed by atoms with Crippen molar-refractivity contribution in [3.8, 4) is 5.75 Å². The number of aliphatic hydroxyl groups is 1. The van der Waals surface area contributed by atoms with Crippen LogP contribution >= 0.6 is 0 Å². The van der Waals surface area contributed by atoms with Gasteiger partial charge in [0.05, 0.1) is 18.7 Å². The lowest BCUT2D eigenvalue weighted by molar-refractivity contribution is -0.0562. The Morgan fingerprint density at radius 2 is 2.00 bits per heavy atom. The van der Waals surface area contributed by atoms with Gasteiger partial charge in [0.15, 0.2) is 0 Å². The first-order valence-corrected chi connectivity index (χ1v) is 14.3. The lowest BCUT2D eigenvalue weighted by Gasteiger charge is -2.51. The quantitative estimate of drug-likeness (QED) is 0.313. The number of anilines is 1. The van der Waals surface area contributed by atoms with Crippen molar-refractivity contribution in [2.75, 3.05) is 25.9 Å². The molecule has 3 aromatic rings. The molecule has 6 atom stereocenters. The second kappa shape index (κ2) is 11.3. The SMILES string of the molecule is CC(c1cccc(N)c1)S(=O)(=O)O.CC[C@@H]1CN2CCC1C[C@H]2[C@H](O)c1ccnc2ccc(OC)cc12. The predicted octanol–water partition coefficient (Wildman–Crippen LogP) is 4.61. The fourth-order valence-corrected chi connectivity index (χ4v) is 6.18. The maximum absolute atomic E-state index is 11.2. The number of piperidine rings is 3. The third kappa shape index (κ3) is 6.06. The Bertz CT molecular complexity index is 1330. The number of rotatable bonds is 6. The third-order valence-corrected chi connectivity index (χ3v) is 9.12. The van der Waals surface area contributed by atoms with Crippen LogP contribution in [0.25, 0.3) is 10.9 Å². The standard InChI is InChI=1S/C20H26N2O2.C8H11NO3S/c1-3-13-12-22-9-7-14(13)10-19(22)20(23)16-6-8-21-18-5-4-15(24-2)11-17(16)18;1-6(13(10,11)12)7-3-2-4-8(9)5-7/h4-6,8,11,13-14,19-20,23H,3,7,9-10,12H2,1-2H3;2-6H,9H2,1H3,(H,10,11,12)/t13-,14?,19+,20-;/m1./s1. The number of nitrogen functional groups attached to an aromatic ring is 1. The lowest BCUT2D eigenvalue weighted by Crippen LogP contribution is -2.55. The molecule has 0 aliphatic carbocycles. The van der Waals surface area contributed by atoms with Gasteiger partial charge in [0, 0.05) is 29.9 Å². The van der Waals surface area contributed by atoms with Gasteiger partial charge >= 0.3 is 0 Å². The van der Waals surface area contributed by atoms with Crippen LogP contribution in [-0.2, 0) is 10.1 Å². The minimum Gasteiger partial charge on any atom is -0.497 e. The van der Waals surface area contributed by atoms with E-state index in [0.29, 0.717) is 11.3 Å². The summed E-state index contributed by atoms with van der Waals surface area (Å²) in [7, 11) is -2.36. The molecule has 2 aromatic carbocycles. The largest absolute Gasteiger partial charge is 0.497 e. The van der Waals surface area contributed by atoms with Crippen LogP contribution in [0.4, 0.5) is 5.69 Å². The molecule has 3 aliphatic heterocycles. The Labute approximate surface area is 219 Å². The number of pyridine rings is 1. The van der Waals surface area contributed by atoms with Crippen LogP contribution in [0.15, 0.2) is 54.7 Å². The summed E-state index contributed by atoms with van der Waals surface area (Å²) in [5.41, 5.74) is 8.32. The van der Waals surface area contributed by atoms with E-state index < -0.39 is 21.5 Å². The van der Waals surface area contributed by atoms with E-state index in [2.05, 4.69) is 16.8 Å². The molecule has 37 heavy (non-hydrogen) atoms. The van der Waals surface area contributed by atoms with Gasteiger partial charge < -0.3 is 15.6 Å². The number of aliphatic hydroxyl groups excluding tert-OH is 1. The van der Waals surface area contributed by atoms with Crippen molar-refractivity contribution in [3.05, 3.63) is 65.9 Å². The van der Waals surface area contributed by atoms with Gasteiger partial charge in [0.25, 0.3) is 10.1 Å². The van der Waals surface area contributed by atoms with Crippen LogP contribution in [0.5, 0.6) is 5.75 Å². The molecule has 0 amide bonds. The molecule has 0 spiro atoms. The summed E-state index contributed by atoms with van der Waals surface area (Å²) in [5.74, 6) is 2.37. The zero-order chi connectivity index (χ0) is 26.7. The van der Waals surface area contributed by atoms with Crippen LogP contribution in [0, 0.1) is 11.8 Å². The van der Waals surface area contributed by atoms with E-state index in [1.165, 1.54) is 25.8 Å². The van der Waals surface area contributed by atoms with Crippen molar-refractivity contribution >= 4 is 26.7 Å². The van der Waals surface area contributed by atoms with E-state index in [4.69, 9.17) is 15.0 Å². The summed E-state index contributed by atoms with van der Waals surface area (Å²) in [6.45, 7) is 5.95. The number of nitrogens with zero attached hydrogens (tertiary/aromatic N) is 2. The maximum atomic E-state index is 11.2. The highest BCUT2D eigenvalue weighted by molar-refractivity contribution is 7.86. The molecule has 4 N–H and O–H groups in total. The second-order valence-corrected chi connectivity index (χ2v) is 11.8. The molecule has 1 aromatic heterocycles. The normalized spacial score (nSPS) is 24.7. The van der Waals surface area contributed by atoms with Crippen molar-refractivity contribution < 1.29 is 22.8 Å². The monoisotopic (exact) mass is 527 g/mol. The molecular weight excluding hydrogens is 490 g/mol. The molecule has 2 bridgehead atoms.